The molecule has 2 aromatic rings. The minimum atomic E-state index is -0.626. The third-order valence-corrected chi connectivity index (χ3v) is 5.60. The summed E-state index contributed by atoms with van der Waals surface area (Å²) < 4.78 is 6.07. The highest BCUT2D eigenvalue weighted by molar-refractivity contribution is 5.77. The van der Waals surface area contributed by atoms with Crippen LogP contribution in [0.25, 0.3) is 0 Å². The van der Waals surface area contributed by atoms with E-state index in [1.54, 1.807) is 17.3 Å². The molecule has 2 aliphatic rings. The fourth-order valence-corrected chi connectivity index (χ4v) is 4.10. The number of rotatable bonds is 4. The Morgan fingerprint density at radius 1 is 1.27 bits per heavy atom. The number of aromatic nitrogens is 1. The van der Waals surface area contributed by atoms with Crippen LogP contribution in [0, 0.1) is 0 Å². The van der Waals surface area contributed by atoms with Gasteiger partial charge >= 0.3 is 0 Å². The number of hydrogen-bond donors (Lipinski definition) is 1. The van der Waals surface area contributed by atoms with Gasteiger partial charge in [-0.3, -0.25) is 9.78 Å². The SMILES string of the molecule is O=C(CCc1cccnc1)N1C[C@@H](O)[C@@]2(C[C@@H](c3ccccc3)CO2)C1. The maximum Gasteiger partial charge on any atom is 0.223 e. The highest BCUT2D eigenvalue weighted by atomic mass is 16.5. The van der Waals surface area contributed by atoms with Gasteiger partial charge in [0.05, 0.1) is 13.2 Å². The lowest BCUT2D eigenvalue weighted by Crippen LogP contribution is -2.41. The van der Waals surface area contributed by atoms with Crippen molar-refractivity contribution >= 4 is 5.91 Å². The second-order valence-corrected chi connectivity index (χ2v) is 7.34. The highest BCUT2D eigenvalue weighted by Crippen LogP contribution is 2.42. The van der Waals surface area contributed by atoms with Crippen molar-refractivity contribution in [1.29, 1.82) is 0 Å². The number of amides is 1. The fraction of sp³-hybridized carbons (Fsp3) is 0.429. The zero-order valence-corrected chi connectivity index (χ0v) is 14.8. The Morgan fingerprint density at radius 2 is 2.12 bits per heavy atom. The van der Waals surface area contributed by atoms with E-state index in [2.05, 4.69) is 17.1 Å². The van der Waals surface area contributed by atoms with Crippen LogP contribution in [0.2, 0.25) is 0 Å². The van der Waals surface area contributed by atoms with Gasteiger partial charge in [-0.2, -0.15) is 0 Å². The van der Waals surface area contributed by atoms with Crippen molar-refractivity contribution in [1.82, 2.24) is 9.88 Å². The summed E-state index contributed by atoms with van der Waals surface area (Å²) in [7, 11) is 0. The first-order chi connectivity index (χ1) is 12.7. The van der Waals surface area contributed by atoms with Crippen LogP contribution in [-0.2, 0) is 16.0 Å². The van der Waals surface area contributed by atoms with Crippen molar-refractivity contribution in [2.75, 3.05) is 19.7 Å². The lowest BCUT2D eigenvalue weighted by molar-refractivity contribution is -0.131. The van der Waals surface area contributed by atoms with Crippen LogP contribution in [0.4, 0.5) is 0 Å². The van der Waals surface area contributed by atoms with Crippen molar-refractivity contribution in [2.45, 2.75) is 36.9 Å². The van der Waals surface area contributed by atoms with Crippen molar-refractivity contribution in [3.8, 4) is 0 Å². The van der Waals surface area contributed by atoms with Gasteiger partial charge in [0.25, 0.3) is 0 Å². The molecule has 1 amide bonds. The van der Waals surface area contributed by atoms with Gasteiger partial charge in [-0.25, -0.2) is 0 Å². The third-order valence-electron chi connectivity index (χ3n) is 5.60. The van der Waals surface area contributed by atoms with E-state index in [1.165, 1.54) is 5.56 Å². The minimum Gasteiger partial charge on any atom is -0.388 e. The topological polar surface area (TPSA) is 62.7 Å². The molecule has 26 heavy (non-hydrogen) atoms. The number of aliphatic hydroxyl groups excluding tert-OH is 1. The van der Waals surface area contributed by atoms with E-state index in [0.717, 1.165) is 12.0 Å². The summed E-state index contributed by atoms with van der Waals surface area (Å²) in [4.78, 5) is 18.4. The number of nitrogens with zero attached hydrogens (tertiary/aromatic N) is 2. The van der Waals surface area contributed by atoms with Crippen molar-refractivity contribution in [3.05, 3.63) is 66.0 Å². The summed E-state index contributed by atoms with van der Waals surface area (Å²) >= 11 is 0. The van der Waals surface area contributed by atoms with Gasteiger partial charge in [-0.15, -0.1) is 0 Å². The van der Waals surface area contributed by atoms with E-state index in [0.29, 0.717) is 32.5 Å². The minimum absolute atomic E-state index is 0.0662. The first kappa shape index (κ1) is 17.2. The van der Waals surface area contributed by atoms with Crippen LogP contribution in [0.1, 0.15) is 29.9 Å². The van der Waals surface area contributed by atoms with Crippen LogP contribution in [0.5, 0.6) is 0 Å². The zero-order chi connectivity index (χ0) is 18.0. The monoisotopic (exact) mass is 352 g/mol. The van der Waals surface area contributed by atoms with Gasteiger partial charge in [0.15, 0.2) is 0 Å². The Labute approximate surface area is 153 Å². The number of benzene rings is 1. The summed E-state index contributed by atoms with van der Waals surface area (Å²) in [5.41, 5.74) is 1.67. The molecule has 1 N–H and O–H groups in total. The molecule has 2 aliphatic heterocycles. The number of β-amino-alcohol motifs (C(OH)–C–C–N with tert-alkyl or cyclic N) is 1. The second kappa shape index (κ2) is 7.17. The average Bonchev–Trinajstić information content (AvgIpc) is 3.26. The van der Waals surface area contributed by atoms with Crippen LogP contribution in [-0.4, -0.2) is 52.3 Å². The van der Waals surface area contributed by atoms with Gasteiger partial charge in [-0.1, -0.05) is 36.4 Å². The lowest BCUT2D eigenvalue weighted by atomic mass is 9.87. The molecule has 0 bridgehead atoms. The van der Waals surface area contributed by atoms with Gasteiger partial charge in [-0.05, 0) is 30.0 Å². The predicted octanol–water partition coefficient (Wildman–Crippen LogP) is 2.16. The molecule has 136 valence electrons. The second-order valence-electron chi connectivity index (χ2n) is 7.34. The number of aryl methyl sites for hydroxylation is 1. The molecule has 0 aliphatic carbocycles. The molecule has 3 heterocycles. The van der Waals surface area contributed by atoms with Gasteiger partial charge < -0.3 is 14.7 Å². The van der Waals surface area contributed by atoms with Crippen molar-refractivity contribution in [3.63, 3.8) is 0 Å². The molecule has 1 spiro atoms. The fourth-order valence-electron chi connectivity index (χ4n) is 4.10. The van der Waals surface area contributed by atoms with Crippen LogP contribution in [0.3, 0.4) is 0 Å². The summed E-state index contributed by atoms with van der Waals surface area (Å²) in [6.07, 6.45) is 4.74. The standard InChI is InChI=1S/C21H24N2O3/c24-19-13-23(20(25)9-8-16-5-4-10-22-12-16)15-21(19)11-18(14-26-21)17-6-2-1-3-7-17/h1-7,10,12,18-19,24H,8-9,11,13-15H2/t18-,19-,21-/m1/s1. The Kier molecular flexibility index (Phi) is 4.74. The molecule has 2 fully saturated rings. The molecule has 0 unspecified atom stereocenters. The number of ether oxygens (including phenoxy) is 1. The Balaban J connectivity index is 1.37. The molecular weight excluding hydrogens is 328 g/mol. The average molecular weight is 352 g/mol. The first-order valence-electron chi connectivity index (χ1n) is 9.20. The van der Waals surface area contributed by atoms with E-state index in [1.807, 2.05) is 30.3 Å². The van der Waals surface area contributed by atoms with E-state index >= 15 is 0 Å². The number of pyridine rings is 1. The lowest BCUT2D eigenvalue weighted by Gasteiger charge is -2.26. The van der Waals surface area contributed by atoms with E-state index in [4.69, 9.17) is 4.74 Å². The molecule has 5 heteroatoms. The van der Waals surface area contributed by atoms with Crippen LogP contribution in [0.15, 0.2) is 54.9 Å². The van der Waals surface area contributed by atoms with Crippen LogP contribution < -0.4 is 0 Å². The Hall–Kier alpha value is -2.24. The van der Waals surface area contributed by atoms with Crippen molar-refractivity contribution in [2.24, 2.45) is 0 Å². The highest BCUT2D eigenvalue weighted by Gasteiger charge is 2.53. The first-order valence-corrected chi connectivity index (χ1v) is 9.20. The molecule has 0 saturated carbocycles. The van der Waals surface area contributed by atoms with Gasteiger partial charge in [0, 0.05) is 31.3 Å². The molecule has 2 saturated heterocycles. The number of carbonyl (C=O) groups is 1. The van der Waals surface area contributed by atoms with Crippen molar-refractivity contribution < 1.29 is 14.6 Å². The zero-order valence-electron chi connectivity index (χ0n) is 14.8. The van der Waals surface area contributed by atoms with Gasteiger partial charge in [0.2, 0.25) is 5.91 Å². The molecule has 4 rings (SSSR count). The largest absolute Gasteiger partial charge is 0.388 e. The smallest absolute Gasteiger partial charge is 0.223 e. The Bertz CT molecular complexity index is 752. The molecule has 3 atom stereocenters. The number of likely N-dealkylation sites (tertiary alicyclic amines) is 1. The molecule has 1 aromatic carbocycles. The maximum absolute atomic E-state index is 12.6. The van der Waals surface area contributed by atoms with E-state index in [-0.39, 0.29) is 11.8 Å². The number of aliphatic hydroxyl groups is 1. The van der Waals surface area contributed by atoms with Gasteiger partial charge in [0.1, 0.15) is 11.7 Å². The number of hydrogen-bond acceptors (Lipinski definition) is 4. The third kappa shape index (κ3) is 3.37. The summed E-state index contributed by atoms with van der Waals surface area (Å²) in [6.45, 7) is 1.43. The van der Waals surface area contributed by atoms with E-state index < -0.39 is 11.7 Å². The quantitative estimate of drug-likeness (QED) is 0.916. The summed E-state index contributed by atoms with van der Waals surface area (Å²) in [5.74, 6) is 0.341. The normalized spacial score (nSPS) is 28.0. The van der Waals surface area contributed by atoms with E-state index in [9.17, 15) is 9.90 Å². The summed E-state index contributed by atoms with van der Waals surface area (Å²) in [5, 5.41) is 10.6. The van der Waals surface area contributed by atoms with Crippen LogP contribution >= 0.6 is 0 Å². The number of carbonyl (C=O) groups excluding carboxylic acids is 1. The molecule has 1 aromatic heterocycles. The molecular formula is C21H24N2O3. The maximum atomic E-state index is 12.6. The molecule has 0 radical (unpaired) electrons. The molecule has 5 nitrogen and oxygen atoms in total. The Morgan fingerprint density at radius 3 is 2.88 bits per heavy atom. The predicted molar refractivity (Wildman–Crippen MR) is 97.6 cm³/mol. The summed E-state index contributed by atoms with van der Waals surface area (Å²) in [6, 6.07) is 14.1.